The van der Waals surface area contributed by atoms with Gasteiger partial charge in [0.25, 0.3) is 5.91 Å². The van der Waals surface area contributed by atoms with Crippen LogP contribution in [0.15, 0.2) is 29.3 Å². The number of aliphatic imine (C=N–C) groups is 1. The Morgan fingerprint density at radius 2 is 1.79 bits per heavy atom. The summed E-state index contributed by atoms with van der Waals surface area (Å²) < 4.78 is 0. The lowest BCUT2D eigenvalue weighted by Gasteiger charge is -2.49. The fourth-order valence-electron chi connectivity index (χ4n) is 3.71. The van der Waals surface area contributed by atoms with Gasteiger partial charge in [0.05, 0.1) is 12.1 Å². The lowest BCUT2D eigenvalue weighted by atomic mass is 9.96. The summed E-state index contributed by atoms with van der Waals surface area (Å²) >= 11 is 0. The molecule has 0 radical (unpaired) electrons. The number of rotatable bonds is 5. The highest BCUT2D eigenvalue weighted by molar-refractivity contribution is 14.0. The van der Waals surface area contributed by atoms with Gasteiger partial charge in [0.15, 0.2) is 5.96 Å². The van der Waals surface area contributed by atoms with E-state index in [9.17, 15) is 14.7 Å². The van der Waals surface area contributed by atoms with Gasteiger partial charge < -0.3 is 25.5 Å². The average Bonchev–Trinajstić information content (AvgIpc) is 2.60. The van der Waals surface area contributed by atoms with Crippen LogP contribution in [0.2, 0.25) is 0 Å². The van der Waals surface area contributed by atoms with Crippen LogP contribution in [-0.2, 0) is 4.79 Å². The van der Waals surface area contributed by atoms with E-state index >= 15 is 0 Å². The maximum atomic E-state index is 12.6. The van der Waals surface area contributed by atoms with Gasteiger partial charge in [-0.25, -0.2) is 0 Å². The molecule has 2 amide bonds. The Morgan fingerprint density at radius 3 is 2.31 bits per heavy atom. The highest BCUT2D eigenvalue weighted by Crippen LogP contribution is 2.24. The minimum absolute atomic E-state index is 0. The summed E-state index contributed by atoms with van der Waals surface area (Å²) in [5, 5.41) is 15.3. The third-order valence-corrected chi connectivity index (χ3v) is 4.68. The SMILES string of the molecule is CN=C(NCCNC(=O)c1ccc(O)cc1)N1CC(=O)N(C(C)C)C(C)(C)C1.I. The van der Waals surface area contributed by atoms with Gasteiger partial charge in [-0.05, 0) is 52.0 Å². The second-order valence-electron chi connectivity index (χ2n) is 7.80. The summed E-state index contributed by atoms with van der Waals surface area (Å²) in [6.07, 6.45) is 0. The topological polar surface area (TPSA) is 97.3 Å². The van der Waals surface area contributed by atoms with Gasteiger partial charge in [0.2, 0.25) is 5.91 Å². The molecule has 0 aliphatic carbocycles. The summed E-state index contributed by atoms with van der Waals surface area (Å²) in [4.78, 5) is 32.9. The molecule has 1 aromatic carbocycles. The largest absolute Gasteiger partial charge is 0.508 e. The number of nitrogens with one attached hydrogen (secondary N) is 2. The number of nitrogens with zero attached hydrogens (tertiary/aromatic N) is 3. The number of piperazine rings is 1. The van der Waals surface area contributed by atoms with Crippen molar-refractivity contribution in [2.45, 2.75) is 39.3 Å². The molecule has 0 aromatic heterocycles. The van der Waals surface area contributed by atoms with Crippen molar-refractivity contribution in [3.8, 4) is 5.75 Å². The number of aromatic hydroxyl groups is 1. The zero-order valence-corrected chi connectivity index (χ0v) is 20.1. The second kappa shape index (κ2) is 10.7. The monoisotopic (exact) mass is 517 g/mol. The van der Waals surface area contributed by atoms with E-state index in [-0.39, 0.29) is 59.7 Å². The molecule has 0 unspecified atom stereocenters. The smallest absolute Gasteiger partial charge is 0.251 e. The van der Waals surface area contributed by atoms with E-state index < -0.39 is 0 Å². The molecular formula is C20H32IN5O3. The summed E-state index contributed by atoms with van der Waals surface area (Å²) in [5.41, 5.74) is 0.188. The number of amides is 2. The number of benzene rings is 1. The molecular weight excluding hydrogens is 485 g/mol. The normalized spacial score (nSPS) is 16.5. The minimum Gasteiger partial charge on any atom is -0.508 e. The molecule has 1 heterocycles. The molecule has 0 saturated carbocycles. The van der Waals surface area contributed by atoms with Gasteiger partial charge >= 0.3 is 0 Å². The van der Waals surface area contributed by atoms with Gasteiger partial charge in [0, 0.05) is 38.3 Å². The van der Waals surface area contributed by atoms with Crippen LogP contribution in [0, 0.1) is 0 Å². The predicted octanol–water partition coefficient (Wildman–Crippen LogP) is 1.65. The molecule has 162 valence electrons. The van der Waals surface area contributed by atoms with E-state index in [2.05, 4.69) is 29.5 Å². The highest BCUT2D eigenvalue weighted by Gasteiger charge is 2.40. The first kappa shape index (κ1) is 25.0. The van der Waals surface area contributed by atoms with Crippen molar-refractivity contribution in [2.24, 2.45) is 4.99 Å². The molecule has 0 bridgehead atoms. The third kappa shape index (κ3) is 6.48. The van der Waals surface area contributed by atoms with Crippen molar-refractivity contribution >= 4 is 41.8 Å². The van der Waals surface area contributed by atoms with Crippen molar-refractivity contribution in [1.82, 2.24) is 20.4 Å². The van der Waals surface area contributed by atoms with Gasteiger partial charge in [-0.2, -0.15) is 0 Å². The van der Waals surface area contributed by atoms with Crippen molar-refractivity contribution in [2.75, 3.05) is 33.2 Å². The van der Waals surface area contributed by atoms with E-state index in [1.165, 1.54) is 12.1 Å². The molecule has 1 saturated heterocycles. The molecule has 3 N–H and O–H groups in total. The number of halogens is 1. The number of hydrogen-bond acceptors (Lipinski definition) is 4. The quantitative estimate of drug-likeness (QED) is 0.239. The number of guanidine groups is 1. The van der Waals surface area contributed by atoms with Gasteiger partial charge in [-0.15, -0.1) is 24.0 Å². The fourth-order valence-corrected chi connectivity index (χ4v) is 3.71. The van der Waals surface area contributed by atoms with Crippen LogP contribution in [0.3, 0.4) is 0 Å². The first-order valence-electron chi connectivity index (χ1n) is 9.50. The zero-order chi connectivity index (χ0) is 20.9. The lowest BCUT2D eigenvalue weighted by molar-refractivity contribution is -0.145. The molecule has 8 nitrogen and oxygen atoms in total. The minimum atomic E-state index is -0.297. The molecule has 0 spiro atoms. The van der Waals surface area contributed by atoms with Crippen molar-refractivity contribution in [3.05, 3.63) is 29.8 Å². The van der Waals surface area contributed by atoms with E-state index in [4.69, 9.17) is 0 Å². The van der Waals surface area contributed by atoms with Gasteiger partial charge in [0.1, 0.15) is 5.75 Å². The predicted molar refractivity (Wildman–Crippen MR) is 125 cm³/mol. The molecule has 1 aliphatic heterocycles. The van der Waals surface area contributed by atoms with Crippen molar-refractivity contribution in [3.63, 3.8) is 0 Å². The van der Waals surface area contributed by atoms with E-state index in [1.54, 1.807) is 19.2 Å². The van der Waals surface area contributed by atoms with E-state index in [1.807, 2.05) is 23.6 Å². The molecule has 2 rings (SSSR count). The van der Waals surface area contributed by atoms with E-state index in [0.717, 1.165) is 0 Å². The Morgan fingerprint density at radius 1 is 1.21 bits per heavy atom. The van der Waals surface area contributed by atoms with Crippen LogP contribution in [-0.4, -0.2) is 77.5 Å². The second-order valence-corrected chi connectivity index (χ2v) is 7.80. The highest BCUT2D eigenvalue weighted by atomic mass is 127. The average molecular weight is 517 g/mol. The fraction of sp³-hybridized carbons (Fsp3) is 0.550. The summed E-state index contributed by atoms with van der Waals surface area (Å²) in [6, 6.07) is 6.24. The van der Waals surface area contributed by atoms with Crippen LogP contribution in [0.1, 0.15) is 38.1 Å². The zero-order valence-electron chi connectivity index (χ0n) is 17.7. The molecule has 1 aromatic rings. The van der Waals surface area contributed by atoms with Crippen LogP contribution in [0.4, 0.5) is 0 Å². The molecule has 29 heavy (non-hydrogen) atoms. The summed E-state index contributed by atoms with van der Waals surface area (Å²) in [5.74, 6) is 0.634. The van der Waals surface area contributed by atoms with Gasteiger partial charge in [-0.1, -0.05) is 0 Å². The summed E-state index contributed by atoms with van der Waals surface area (Å²) in [7, 11) is 1.68. The number of phenols is 1. The van der Waals surface area contributed by atoms with Crippen LogP contribution in [0.25, 0.3) is 0 Å². The maximum Gasteiger partial charge on any atom is 0.251 e. The van der Waals surface area contributed by atoms with Crippen LogP contribution < -0.4 is 10.6 Å². The first-order valence-corrected chi connectivity index (χ1v) is 9.50. The Kier molecular flexibility index (Phi) is 9.18. The molecule has 9 heteroatoms. The third-order valence-electron chi connectivity index (χ3n) is 4.68. The van der Waals surface area contributed by atoms with E-state index in [0.29, 0.717) is 31.2 Å². The Bertz CT molecular complexity index is 734. The lowest BCUT2D eigenvalue weighted by Crippen LogP contribution is -2.66. The number of hydrogen-bond donors (Lipinski definition) is 3. The first-order chi connectivity index (χ1) is 13.2. The van der Waals surface area contributed by atoms with Crippen molar-refractivity contribution in [1.29, 1.82) is 0 Å². The Hall–Kier alpha value is -2.04. The number of carbonyl (C=O) groups is 2. The van der Waals surface area contributed by atoms with Crippen LogP contribution in [0.5, 0.6) is 5.75 Å². The number of phenolic OH excluding ortho intramolecular Hbond substituents is 1. The van der Waals surface area contributed by atoms with Gasteiger partial charge in [-0.3, -0.25) is 14.6 Å². The Labute approximate surface area is 189 Å². The standard InChI is InChI=1S/C20H31N5O3.HI/c1-14(2)25-17(27)12-24(13-20(25,3)4)19(21-5)23-11-10-22-18(28)15-6-8-16(26)9-7-15;/h6-9,14,26H,10-13H2,1-5H3,(H,21,23)(H,22,28);1H. The maximum absolute atomic E-state index is 12.6. The number of carbonyl (C=O) groups excluding carboxylic acids is 2. The van der Waals surface area contributed by atoms with Crippen molar-refractivity contribution < 1.29 is 14.7 Å². The molecule has 0 atom stereocenters. The summed E-state index contributed by atoms with van der Waals surface area (Å²) in [6.45, 7) is 10.0. The Balaban J connectivity index is 0.00000420. The molecule has 1 fully saturated rings. The molecule has 1 aliphatic rings. The van der Waals surface area contributed by atoms with Crippen LogP contribution >= 0.6 is 24.0 Å².